The Balaban J connectivity index is 2.34. The van der Waals surface area contributed by atoms with Crippen LogP contribution in [0, 0.1) is 6.07 Å². The molecule has 1 amide bonds. The summed E-state index contributed by atoms with van der Waals surface area (Å²) in [6.07, 6.45) is 0.499. The van der Waals surface area contributed by atoms with Crippen molar-refractivity contribution in [2.45, 2.75) is 13.3 Å². The van der Waals surface area contributed by atoms with Gasteiger partial charge >= 0.3 is 0 Å². The van der Waals surface area contributed by atoms with E-state index in [0.29, 0.717) is 6.42 Å². The van der Waals surface area contributed by atoms with Crippen LogP contribution in [0.2, 0.25) is 0 Å². The lowest BCUT2D eigenvalue weighted by Crippen LogP contribution is -2.09. The number of rotatable bonds is 2. The summed E-state index contributed by atoms with van der Waals surface area (Å²) in [4.78, 5) is 11.2. The molecule has 0 saturated carbocycles. The Morgan fingerprint density at radius 2 is 2.20 bits per heavy atom. The van der Waals surface area contributed by atoms with Crippen molar-refractivity contribution in [3.63, 3.8) is 0 Å². The van der Waals surface area contributed by atoms with Gasteiger partial charge in [0.2, 0.25) is 5.91 Å². The third-order valence-corrected chi connectivity index (χ3v) is 2.29. The summed E-state index contributed by atoms with van der Waals surface area (Å²) in [5, 5.41) is 5.08. The van der Waals surface area contributed by atoms with E-state index in [1.54, 1.807) is 0 Å². The predicted molar refractivity (Wildman–Crippen MR) is 61.7 cm³/mol. The number of fused-ring (bicyclic) bond motifs is 1. The summed E-state index contributed by atoms with van der Waals surface area (Å²) >= 11 is 0. The summed E-state index contributed by atoms with van der Waals surface area (Å²) in [6, 6.07) is 14.7. The van der Waals surface area contributed by atoms with E-state index < -0.39 is 0 Å². The van der Waals surface area contributed by atoms with Crippen molar-refractivity contribution in [2.24, 2.45) is 0 Å². The summed E-state index contributed by atoms with van der Waals surface area (Å²) in [6.45, 7) is 1.84. The third kappa shape index (κ3) is 2.15. The number of hydrogen-bond acceptors (Lipinski definition) is 1. The number of carbonyl (C=O) groups is 1. The Morgan fingerprint density at radius 3 is 3.00 bits per heavy atom. The lowest BCUT2D eigenvalue weighted by atomic mass is 10.1. The molecule has 75 valence electrons. The fourth-order valence-electron chi connectivity index (χ4n) is 1.45. The van der Waals surface area contributed by atoms with E-state index in [-0.39, 0.29) is 5.91 Å². The van der Waals surface area contributed by atoms with Crippen molar-refractivity contribution in [2.75, 3.05) is 5.32 Å². The molecule has 0 aromatic heterocycles. The molecule has 1 radical (unpaired) electrons. The zero-order valence-electron chi connectivity index (χ0n) is 8.58. The normalized spacial score (nSPS) is 10.2. The Morgan fingerprint density at radius 1 is 1.33 bits per heavy atom. The second-order valence-corrected chi connectivity index (χ2v) is 3.39. The van der Waals surface area contributed by atoms with E-state index in [2.05, 4.69) is 11.4 Å². The molecule has 0 unspecified atom stereocenters. The zero-order valence-corrected chi connectivity index (χ0v) is 8.58. The molecular weight excluding hydrogens is 186 g/mol. The van der Waals surface area contributed by atoms with E-state index in [1.807, 2.05) is 43.3 Å². The van der Waals surface area contributed by atoms with Crippen LogP contribution in [-0.4, -0.2) is 5.91 Å². The molecule has 2 rings (SSSR count). The highest BCUT2D eigenvalue weighted by atomic mass is 16.1. The van der Waals surface area contributed by atoms with Crippen molar-refractivity contribution in [1.29, 1.82) is 0 Å². The molecule has 2 heteroatoms. The second kappa shape index (κ2) is 4.13. The van der Waals surface area contributed by atoms with Crippen LogP contribution in [0.15, 0.2) is 36.4 Å². The maximum absolute atomic E-state index is 11.2. The molecule has 0 atom stereocenters. The number of hydrogen-bond donors (Lipinski definition) is 1. The first-order valence-electron chi connectivity index (χ1n) is 4.99. The van der Waals surface area contributed by atoms with Crippen molar-refractivity contribution in [3.8, 4) is 0 Å². The molecule has 2 aromatic carbocycles. The van der Waals surface area contributed by atoms with Gasteiger partial charge < -0.3 is 5.32 Å². The SMILES string of the molecule is CCC(=O)Nc1ccc2cc[c]cc2c1. The Labute approximate surface area is 88.9 Å². The second-order valence-electron chi connectivity index (χ2n) is 3.39. The molecule has 15 heavy (non-hydrogen) atoms. The average molecular weight is 198 g/mol. The topological polar surface area (TPSA) is 29.1 Å². The number of amides is 1. The van der Waals surface area contributed by atoms with Crippen molar-refractivity contribution in [1.82, 2.24) is 0 Å². The molecule has 0 spiro atoms. The molecule has 2 nitrogen and oxygen atoms in total. The van der Waals surface area contributed by atoms with Crippen LogP contribution < -0.4 is 5.32 Å². The van der Waals surface area contributed by atoms with E-state index in [1.165, 1.54) is 0 Å². The first-order valence-corrected chi connectivity index (χ1v) is 4.99. The summed E-state index contributed by atoms with van der Waals surface area (Å²) in [7, 11) is 0. The van der Waals surface area contributed by atoms with Gasteiger partial charge in [0.25, 0.3) is 0 Å². The van der Waals surface area contributed by atoms with Crippen LogP contribution in [0.25, 0.3) is 10.8 Å². The van der Waals surface area contributed by atoms with Crippen molar-refractivity contribution >= 4 is 22.4 Å². The van der Waals surface area contributed by atoms with Crippen LogP contribution >= 0.6 is 0 Å². The lowest BCUT2D eigenvalue weighted by Gasteiger charge is -2.04. The number of benzene rings is 2. The fourth-order valence-corrected chi connectivity index (χ4v) is 1.45. The van der Waals surface area contributed by atoms with Crippen molar-refractivity contribution < 1.29 is 4.79 Å². The lowest BCUT2D eigenvalue weighted by molar-refractivity contribution is -0.115. The smallest absolute Gasteiger partial charge is 0.224 e. The molecule has 0 aliphatic carbocycles. The van der Waals surface area contributed by atoms with E-state index >= 15 is 0 Å². The minimum atomic E-state index is 0.0364. The molecule has 0 heterocycles. The van der Waals surface area contributed by atoms with Crippen LogP contribution in [0.5, 0.6) is 0 Å². The van der Waals surface area contributed by atoms with Gasteiger partial charge in [-0.3, -0.25) is 4.79 Å². The van der Waals surface area contributed by atoms with E-state index in [4.69, 9.17) is 0 Å². The maximum atomic E-state index is 11.2. The minimum absolute atomic E-state index is 0.0364. The standard InChI is InChI=1S/C13H12NO/c1-2-13(15)14-12-8-7-10-5-3-4-6-11(10)9-12/h3,5-9H,2H2,1H3,(H,14,15). The Bertz CT molecular complexity index is 491. The molecule has 0 fully saturated rings. The number of nitrogens with one attached hydrogen (secondary N) is 1. The number of anilines is 1. The van der Waals surface area contributed by atoms with Crippen molar-refractivity contribution in [3.05, 3.63) is 42.5 Å². The highest BCUT2D eigenvalue weighted by molar-refractivity contribution is 5.94. The maximum Gasteiger partial charge on any atom is 0.224 e. The van der Waals surface area contributed by atoms with Crippen LogP contribution in [0.4, 0.5) is 5.69 Å². The summed E-state index contributed by atoms with van der Waals surface area (Å²) in [5.74, 6) is 0.0364. The highest BCUT2D eigenvalue weighted by Crippen LogP contribution is 2.18. The molecular formula is C13H12NO. The first kappa shape index (κ1) is 9.71. The van der Waals surface area contributed by atoms with Gasteiger partial charge in [0.1, 0.15) is 0 Å². The van der Waals surface area contributed by atoms with Gasteiger partial charge in [-0.25, -0.2) is 0 Å². The molecule has 0 aliphatic heterocycles. The minimum Gasteiger partial charge on any atom is -0.326 e. The van der Waals surface area contributed by atoms with Gasteiger partial charge in [-0.15, -0.1) is 0 Å². The van der Waals surface area contributed by atoms with Gasteiger partial charge in [-0.1, -0.05) is 25.1 Å². The predicted octanol–water partition coefficient (Wildman–Crippen LogP) is 2.99. The van der Waals surface area contributed by atoms with Gasteiger partial charge in [0.05, 0.1) is 0 Å². The largest absolute Gasteiger partial charge is 0.326 e. The van der Waals surface area contributed by atoms with Gasteiger partial charge in [-0.05, 0) is 35.0 Å². The molecule has 0 bridgehead atoms. The van der Waals surface area contributed by atoms with Crippen LogP contribution in [-0.2, 0) is 4.79 Å². The Hall–Kier alpha value is -1.83. The van der Waals surface area contributed by atoms with E-state index in [9.17, 15) is 4.79 Å². The van der Waals surface area contributed by atoms with Crippen LogP contribution in [0.3, 0.4) is 0 Å². The van der Waals surface area contributed by atoms with Gasteiger partial charge in [-0.2, -0.15) is 0 Å². The van der Waals surface area contributed by atoms with Gasteiger partial charge in [0.15, 0.2) is 0 Å². The number of carbonyl (C=O) groups excluding carboxylic acids is 1. The molecule has 1 N–H and O–H groups in total. The van der Waals surface area contributed by atoms with Gasteiger partial charge in [0, 0.05) is 12.1 Å². The third-order valence-electron chi connectivity index (χ3n) is 2.29. The zero-order chi connectivity index (χ0) is 10.7. The molecule has 0 aliphatic rings. The molecule has 2 aromatic rings. The summed E-state index contributed by atoms with van der Waals surface area (Å²) in [5.41, 5.74) is 0.842. The Kier molecular flexibility index (Phi) is 2.68. The summed E-state index contributed by atoms with van der Waals surface area (Å²) < 4.78 is 0. The van der Waals surface area contributed by atoms with E-state index in [0.717, 1.165) is 16.5 Å². The van der Waals surface area contributed by atoms with Crippen LogP contribution in [0.1, 0.15) is 13.3 Å². The first-order chi connectivity index (χ1) is 7.29. The molecule has 0 saturated heterocycles. The fraction of sp³-hybridized carbons (Fsp3) is 0.154. The monoisotopic (exact) mass is 198 g/mol. The highest BCUT2D eigenvalue weighted by Gasteiger charge is 1.99. The average Bonchev–Trinajstić information content (AvgIpc) is 2.29. The quantitative estimate of drug-likeness (QED) is 0.789.